The second-order valence-corrected chi connectivity index (χ2v) is 4.06. The normalized spacial score (nSPS) is 17.6. The summed E-state index contributed by atoms with van der Waals surface area (Å²) in [7, 11) is -3.59. The van der Waals surface area contributed by atoms with Crippen molar-refractivity contribution in [2.75, 3.05) is 5.32 Å². The molecule has 2 rings (SSSR count). The minimum Gasteiger partial charge on any atom is -0.329 e. The molecule has 0 amide bonds. The van der Waals surface area contributed by atoms with Crippen LogP contribution in [0, 0.1) is 6.92 Å². The summed E-state index contributed by atoms with van der Waals surface area (Å²) in [5.41, 5.74) is 0.398. The predicted octanol–water partition coefficient (Wildman–Crippen LogP) is -0.0725. The highest BCUT2D eigenvalue weighted by Gasteiger charge is 2.24. The summed E-state index contributed by atoms with van der Waals surface area (Å²) in [6.07, 6.45) is 2.40. The summed E-state index contributed by atoms with van der Waals surface area (Å²) >= 11 is 0. The lowest BCUT2D eigenvalue weighted by atomic mass is 10.4. The highest BCUT2D eigenvalue weighted by molar-refractivity contribution is 7.90. The van der Waals surface area contributed by atoms with E-state index in [4.69, 9.17) is 0 Å². The average Bonchev–Trinajstić information content (AvgIpc) is 2.02. The van der Waals surface area contributed by atoms with E-state index in [-0.39, 0.29) is 10.7 Å². The number of rotatable bonds is 0. The monoisotopic (exact) mass is 198 g/mol. The van der Waals surface area contributed by atoms with Crippen molar-refractivity contribution in [3.63, 3.8) is 0 Å². The van der Waals surface area contributed by atoms with Crippen molar-refractivity contribution in [2.24, 2.45) is 4.40 Å². The maximum atomic E-state index is 11.4. The first-order valence-corrected chi connectivity index (χ1v) is 4.92. The molecule has 0 saturated heterocycles. The smallest absolute Gasteiger partial charge is 0.289 e. The summed E-state index contributed by atoms with van der Waals surface area (Å²) in [6.45, 7) is 1.60. The van der Waals surface area contributed by atoms with E-state index >= 15 is 0 Å². The summed E-state index contributed by atoms with van der Waals surface area (Å²) in [6, 6.07) is 0. The molecule has 1 aliphatic heterocycles. The molecule has 0 bridgehead atoms. The Kier molecular flexibility index (Phi) is 1.56. The zero-order valence-corrected chi connectivity index (χ0v) is 7.54. The summed E-state index contributed by atoms with van der Waals surface area (Å²) in [4.78, 5) is 7.62. The molecule has 1 aromatic rings. The Balaban J connectivity index is 2.81. The fraction of sp³-hybridized carbons (Fsp3) is 0.167. The van der Waals surface area contributed by atoms with Crippen molar-refractivity contribution in [1.82, 2.24) is 9.97 Å². The Morgan fingerprint density at radius 3 is 2.85 bits per heavy atom. The van der Waals surface area contributed by atoms with Crippen LogP contribution < -0.4 is 5.32 Å². The molecule has 0 aromatic carbocycles. The number of hydrogen-bond donors (Lipinski definition) is 1. The Labute approximate surface area is 74.8 Å². The lowest BCUT2D eigenvalue weighted by Gasteiger charge is -2.11. The molecular formula is C6H6N4O2S. The van der Waals surface area contributed by atoms with Gasteiger partial charge in [-0.25, -0.2) is 9.97 Å². The van der Waals surface area contributed by atoms with Gasteiger partial charge < -0.3 is 5.32 Å². The van der Waals surface area contributed by atoms with Gasteiger partial charge in [0.1, 0.15) is 12.7 Å². The van der Waals surface area contributed by atoms with Crippen LogP contribution in [-0.2, 0) is 10.0 Å². The molecule has 13 heavy (non-hydrogen) atoms. The Hall–Kier alpha value is -1.50. The van der Waals surface area contributed by atoms with Crippen LogP contribution in [0.5, 0.6) is 0 Å². The van der Waals surface area contributed by atoms with Crippen molar-refractivity contribution in [3.05, 3.63) is 12.0 Å². The van der Waals surface area contributed by atoms with Crippen LogP contribution in [0.4, 0.5) is 5.82 Å². The van der Waals surface area contributed by atoms with E-state index in [1.165, 1.54) is 6.33 Å². The first-order chi connectivity index (χ1) is 6.11. The van der Waals surface area contributed by atoms with E-state index in [0.29, 0.717) is 5.69 Å². The summed E-state index contributed by atoms with van der Waals surface area (Å²) < 4.78 is 26.1. The number of aromatic nitrogens is 2. The Bertz CT molecular complexity index is 479. The lowest BCUT2D eigenvalue weighted by Crippen LogP contribution is -2.15. The predicted molar refractivity (Wildman–Crippen MR) is 46.1 cm³/mol. The topological polar surface area (TPSA) is 84.3 Å². The van der Waals surface area contributed by atoms with Crippen LogP contribution in [-0.4, -0.2) is 24.7 Å². The first-order valence-electron chi connectivity index (χ1n) is 3.48. The molecule has 1 aliphatic rings. The van der Waals surface area contributed by atoms with Crippen molar-refractivity contribution in [3.8, 4) is 0 Å². The zero-order valence-electron chi connectivity index (χ0n) is 6.72. The standard InChI is InChI=1S/C6H6N4O2S/c1-4-5-6(8-2-7-4)9-3-10-13(5,11)12/h2-3H,1H3,(H,7,8,9,10). The van der Waals surface area contributed by atoms with Crippen molar-refractivity contribution in [2.45, 2.75) is 11.8 Å². The molecule has 7 heteroatoms. The van der Waals surface area contributed by atoms with Gasteiger partial charge in [-0.05, 0) is 6.92 Å². The number of anilines is 1. The third kappa shape index (κ3) is 1.17. The van der Waals surface area contributed by atoms with Crippen molar-refractivity contribution < 1.29 is 8.42 Å². The highest BCUT2D eigenvalue weighted by atomic mass is 32.2. The SMILES string of the molecule is Cc1ncnc2c1S(=O)(=O)N=CN2. The van der Waals surface area contributed by atoms with Gasteiger partial charge in [-0.3, -0.25) is 0 Å². The largest absolute Gasteiger partial charge is 0.329 e. The fourth-order valence-electron chi connectivity index (χ4n) is 1.08. The summed E-state index contributed by atoms with van der Waals surface area (Å²) in [5, 5.41) is 2.64. The van der Waals surface area contributed by atoms with Crippen LogP contribution >= 0.6 is 0 Å². The lowest BCUT2D eigenvalue weighted by molar-refractivity contribution is 0.596. The zero-order chi connectivity index (χ0) is 9.47. The van der Waals surface area contributed by atoms with E-state index in [1.807, 2.05) is 0 Å². The fourth-order valence-corrected chi connectivity index (χ4v) is 2.16. The van der Waals surface area contributed by atoms with Crippen LogP contribution in [0.15, 0.2) is 15.6 Å². The second-order valence-electron chi connectivity index (χ2n) is 2.49. The molecule has 0 atom stereocenters. The minimum absolute atomic E-state index is 0.0532. The highest BCUT2D eigenvalue weighted by Crippen LogP contribution is 2.24. The molecule has 0 fully saturated rings. The molecule has 1 aromatic heterocycles. The molecule has 2 heterocycles. The third-order valence-corrected chi connectivity index (χ3v) is 3.02. The average molecular weight is 198 g/mol. The minimum atomic E-state index is -3.59. The molecule has 0 unspecified atom stereocenters. The van der Waals surface area contributed by atoms with Gasteiger partial charge in [0, 0.05) is 0 Å². The van der Waals surface area contributed by atoms with E-state index in [2.05, 4.69) is 19.7 Å². The molecule has 6 nitrogen and oxygen atoms in total. The Morgan fingerprint density at radius 2 is 2.15 bits per heavy atom. The number of nitrogens with one attached hydrogen (secondary N) is 1. The van der Waals surface area contributed by atoms with Crippen LogP contribution in [0.25, 0.3) is 0 Å². The molecule has 0 radical (unpaired) electrons. The number of aryl methyl sites for hydroxylation is 1. The van der Waals surface area contributed by atoms with E-state index < -0.39 is 10.0 Å². The molecule has 0 spiro atoms. The van der Waals surface area contributed by atoms with Gasteiger partial charge >= 0.3 is 0 Å². The van der Waals surface area contributed by atoms with Gasteiger partial charge in [-0.2, -0.15) is 8.42 Å². The van der Waals surface area contributed by atoms with Crippen LogP contribution in [0.2, 0.25) is 0 Å². The number of nitrogens with zero attached hydrogens (tertiary/aromatic N) is 3. The van der Waals surface area contributed by atoms with Crippen LogP contribution in [0.3, 0.4) is 0 Å². The first kappa shape index (κ1) is 8.11. The van der Waals surface area contributed by atoms with Crippen LogP contribution in [0.1, 0.15) is 5.69 Å². The number of fused-ring (bicyclic) bond motifs is 1. The van der Waals surface area contributed by atoms with E-state index in [9.17, 15) is 8.42 Å². The maximum Gasteiger partial charge on any atom is 0.289 e. The molecule has 1 N–H and O–H groups in total. The molecule has 68 valence electrons. The maximum absolute atomic E-state index is 11.4. The Morgan fingerprint density at radius 1 is 1.38 bits per heavy atom. The van der Waals surface area contributed by atoms with Gasteiger partial charge in [0.25, 0.3) is 10.0 Å². The number of sulfonamides is 1. The van der Waals surface area contributed by atoms with E-state index in [1.54, 1.807) is 6.92 Å². The van der Waals surface area contributed by atoms with Gasteiger partial charge in [0.05, 0.1) is 5.69 Å². The second kappa shape index (κ2) is 2.49. The van der Waals surface area contributed by atoms with Gasteiger partial charge in [-0.1, -0.05) is 0 Å². The molecule has 0 aliphatic carbocycles. The van der Waals surface area contributed by atoms with Crippen molar-refractivity contribution in [1.29, 1.82) is 0 Å². The third-order valence-electron chi connectivity index (χ3n) is 1.63. The van der Waals surface area contributed by atoms with E-state index in [0.717, 1.165) is 6.34 Å². The van der Waals surface area contributed by atoms with Crippen molar-refractivity contribution >= 4 is 22.2 Å². The van der Waals surface area contributed by atoms with Gasteiger partial charge in [0.2, 0.25) is 0 Å². The van der Waals surface area contributed by atoms with Gasteiger partial charge in [0.15, 0.2) is 10.7 Å². The van der Waals surface area contributed by atoms with Gasteiger partial charge in [-0.15, -0.1) is 4.40 Å². The molecule has 0 saturated carbocycles. The number of hydrogen-bond acceptors (Lipinski definition) is 5. The quantitative estimate of drug-likeness (QED) is 0.630. The molecular weight excluding hydrogens is 192 g/mol. The summed E-state index contributed by atoms with van der Waals surface area (Å²) in [5.74, 6) is 0.280.